The number of hydrogen-bond donors (Lipinski definition) is 0. The van der Waals surface area contributed by atoms with Gasteiger partial charge >= 0.3 is 0 Å². The Morgan fingerprint density at radius 3 is 2.24 bits per heavy atom. The summed E-state index contributed by atoms with van der Waals surface area (Å²) in [5, 5.41) is 0. The predicted molar refractivity (Wildman–Crippen MR) is 83.4 cm³/mol. The summed E-state index contributed by atoms with van der Waals surface area (Å²) in [7, 11) is 0. The highest BCUT2D eigenvalue weighted by Gasteiger charge is 2.54. The number of hydrogen-bond acceptors (Lipinski definition) is 1. The lowest BCUT2D eigenvalue weighted by atomic mass is 9.48. The summed E-state index contributed by atoms with van der Waals surface area (Å²) in [6.45, 7) is 0. The Morgan fingerprint density at radius 2 is 1.71 bits per heavy atom. The first-order chi connectivity index (χ1) is 10.0. The van der Waals surface area contributed by atoms with Crippen molar-refractivity contribution in [3.05, 3.63) is 34.1 Å². The van der Waals surface area contributed by atoms with E-state index in [9.17, 15) is 9.18 Å². The van der Waals surface area contributed by atoms with Gasteiger partial charge in [-0.3, -0.25) is 4.79 Å². The van der Waals surface area contributed by atoms with E-state index in [1.165, 1.54) is 31.4 Å². The minimum absolute atomic E-state index is 0.0530. The SMILES string of the molecule is O=C(Cc1ccc(F)cc1Br)C12CC3CC(CC(C3)C1)C2. The van der Waals surface area contributed by atoms with Crippen LogP contribution in [0.1, 0.15) is 44.1 Å². The molecule has 21 heavy (non-hydrogen) atoms. The molecule has 0 unspecified atom stereocenters. The number of halogens is 2. The molecule has 0 spiro atoms. The molecule has 3 heteroatoms. The number of ketones is 1. The normalized spacial score (nSPS) is 37.0. The Kier molecular flexibility index (Phi) is 3.25. The van der Waals surface area contributed by atoms with E-state index in [0.717, 1.165) is 47.1 Å². The van der Waals surface area contributed by atoms with Crippen LogP contribution in [0.25, 0.3) is 0 Å². The van der Waals surface area contributed by atoms with Crippen molar-refractivity contribution in [2.24, 2.45) is 23.2 Å². The second-order valence-electron chi connectivity index (χ2n) is 7.53. The molecular formula is C18H20BrFO. The Morgan fingerprint density at radius 1 is 1.14 bits per heavy atom. The molecular weight excluding hydrogens is 331 g/mol. The Labute approximate surface area is 133 Å². The summed E-state index contributed by atoms with van der Waals surface area (Å²) >= 11 is 3.39. The average Bonchev–Trinajstić information content (AvgIpc) is 2.40. The summed E-state index contributed by atoms with van der Waals surface area (Å²) in [6.07, 6.45) is 7.84. The highest BCUT2D eigenvalue weighted by Crippen LogP contribution is 2.60. The fourth-order valence-electron chi connectivity index (χ4n) is 5.48. The predicted octanol–water partition coefficient (Wildman–Crippen LogP) is 4.92. The maximum Gasteiger partial charge on any atom is 0.143 e. The van der Waals surface area contributed by atoms with E-state index < -0.39 is 0 Å². The lowest BCUT2D eigenvalue weighted by Crippen LogP contribution is -2.50. The van der Waals surface area contributed by atoms with Crippen LogP contribution in [0.2, 0.25) is 0 Å². The number of carbonyl (C=O) groups is 1. The van der Waals surface area contributed by atoms with Crippen molar-refractivity contribution >= 4 is 21.7 Å². The number of Topliss-reactive ketones (excluding diaryl/α,β-unsaturated/α-hetero) is 1. The third-order valence-corrected chi connectivity index (χ3v) is 6.73. The molecule has 0 saturated heterocycles. The molecule has 4 bridgehead atoms. The topological polar surface area (TPSA) is 17.1 Å². The van der Waals surface area contributed by atoms with Gasteiger partial charge in [0.25, 0.3) is 0 Å². The first-order valence-electron chi connectivity index (χ1n) is 8.01. The summed E-state index contributed by atoms with van der Waals surface area (Å²) in [4.78, 5) is 13.0. The van der Waals surface area contributed by atoms with Crippen LogP contribution in [0, 0.1) is 29.0 Å². The van der Waals surface area contributed by atoms with Crippen LogP contribution in [0.4, 0.5) is 4.39 Å². The highest BCUT2D eigenvalue weighted by atomic mass is 79.9. The van der Waals surface area contributed by atoms with Crippen molar-refractivity contribution in [2.75, 3.05) is 0 Å². The van der Waals surface area contributed by atoms with E-state index in [2.05, 4.69) is 15.9 Å². The molecule has 0 amide bonds. The molecule has 4 fully saturated rings. The van der Waals surface area contributed by atoms with Crippen molar-refractivity contribution in [1.82, 2.24) is 0 Å². The van der Waals surface area contributed by atoms with Gasteiger partial charge in [-0.25, -0.2) is 4.39 Å². The van der Waals surface area contributed by atoms with Gasteiger partial charge < -0.3 is 0 Å². The minimum Gasteiger partial charge on any atom is -0.299 e. The Bertz CT molecular complexity index is 560. The molecule has 0 atom stereocenters. The Balaban J connectivity index is 1.57. The standard InChI is InChI=1S/C18H20BrFO/c19-16-7-15(20)2-1-14(16)6-17(21)18-8-11-3-12(9-18)5-13(4-11)10-18/h1-2,7,11-13H,3-6,8-10H2. The zero-order valence-corrected chi connectivity index (χ0v) is 13.7. The quantitative estimate of drug-likeness (QED) is 0.756. The molecule has 0 N–H and O–H groups in total. The molecule has 1 nitrogen and oxygen atoms in total. The third kappa shape index (κ3) is 2.38. The van der Waals surface area contributed by atoms with E-state index in [1.54, 1.807) is 6.07 Å². The van der Waals surface area contributed by atoms with Crippen molar-refractivity contribution in [3.63, 3.8) is 0 Å². The number of rotatable bonds is 3. The minimum atomic E-state index is -0.257. The molecule has 0 aromatic heterocycles. The van der Waals surface area contributed by atoms with Gasteiger partial charge in [0, 0.05) is 16.3 Å². The van der Waals surface area contributed by atoms with Gasteiger partial charge in [-0.15, -0.1) is 0 Å². The van der Waals surface area contributed by atoms with Crippen molar-refractivity contribution in [2.45, 2.75) is 44.9 Å². The molecule has 5 rings (SSSR count). The molecule has 0 aliphatic heterocycles. The zero-order valence-electron chi connectivity index (χ0n) is 12.1. The fourth-order valence-corrected chi connectivity index (χ4v) is 5.97. The second kappa shape index (κ2) is 4.91. The van der Waals surface area contributed by atoms with E-state index in [0.29, 0.717) is 12.2 Å². The molecule has 4 aliphatic rings. The summed E-state index contributed by atoms with van der Waals surface area (Å²) in [5.74, 6) is 2.51. The van der Waals surface area contributed by atoms with Gasteiger partial charge in [0.15, 0.2) is 0 Å². The number of benzene rings is 1. The van der Waals surface area contributed by atoms with Gasteiger partial charge in [-0.05, 0) is 74.0 Å². The maximum absolute atomic E-state index is 13.2. The van der Waals surface area contributed by atoms with Gasteiger partial charge in [0.05, 0.1) is 0 Å². The number of carbonyl (C=O) groups excluding carboxylic acids is 1. The van der Waals surface area contributed by atoms with E-state index in [-0.39, 0.29) is 11.2 Å². The van der Waals surface area contributed by atoms with Crippen LogP contribution in [0.15, 0.2) is 22.7 Å². The largest absolute Gasteiger partial charge is 0.299 e. The van der Waals surface area contributed by atoms with Crippen molar-refractivity contribution < 1.29 is 9.18 Å². The van der Waals surface area contributed by atoms with Gasteiger partial charge in [0.1, 0.15) is 11.6 Å². The van der Waals surface area contributed by atoms with Crippen LogP contribution in [-0.4, -0.2) is 5.78 Å². The third-order valence-electron chi connectivity index (χ3n) is 6.00. The summed E-state index contributed by atoms with van der Waals surface area (Å²) in [5.41, 5.74) is 0.875. The van der Waals surface area contributed by atoms with Crippen LogP contribution in [0.5, 0.6) is 0 Å². The van der Waals surface area contributed by atoms with Crippen molar-refractivity contribution in [1.29, 1.82) is 0 Å². The monoisotopic (exact) mass is 350 g/mol. The van der Waals surface area contributed by atoms with Crippen LogP contribution in [0.3, 0.4) is 0 Å². The highest BCUT2D eigenvalue weighted by molar-refractivity contribution is 9.10. The van der Waals surface area contributed by atoms with Gasteiger partial charge in [0.2, 0.25) is 0 Å². The molecule has 0 radical (unpaired) electrons. The molecule has 4 saturated carbocycles. The maximum atomic E-state index is 13.2. The smallest absolute Gasteiger partial charge is 0.143 e. The molecule has 4 aliphatic carbocycles. The first kappa shape index (κ1) is 13.9. The van der Waals surface area contributed by atoms with Crippen LogP contribution in [-0.2, 0) is 11.2 Å². The molecule has 0 heterocycles. The summed E-state index contributed by atoms with van der Waals surface area (Å²) < 4.78 is 13.9. The van der Waals surface area contributed by atoms with Crippen LogP contribution < -0.4 is 0 Å². The average molecular weight is 351 g/mol. The second-order valence-corrected chi connectivity index (χ2v) is 8.39. The van der Waals surface area contributed by atoms with Crippen LogP contribution >= 0.6 is 15.9 Å². The lowest BCUT2D eigenvalue weighted by Gasteiger charge is -2.56. The molecule has 1 aromatic carbocycles. The molecule has 1 aromatic rings. The van der Waals surface area contributed by atoms with Gasteiger partial charge in [-0.1, -0.05) is 22.0 Å². The van der Waals surface area contributed by atoms with E-state index >= 15 is 0 Å². The van der Waals surface area contributed by atoms with E-state index in [1.807, 2.05) is 0 Å². The molecule has 112 valence electrons. The fraction of sp³-hybridized carbons (Fsp3) is 0.611. The summed E-state index contributed by atoms with van der Waals surface area (Å²) in [6, 6.07) is 4.66. The van der Waals surface area contributed by atoms with Gasteiger partial charge in [-0.2, -0.15) is 0 Å². The van der Waals surface area contributed by atoms with Crippen molar-refractivity contribution in [3.8, 4) is 0 Å². The Hall–Kier alpha value is -0.700. The zero-order chi connectivity index (χ0) is 14.6. The first-order valence-corrected chi connectivity index (χ1v) is 8.81. The lowest BCUT2D eigenvalue weighted by molar-refractivity contribution is -0.143. The van der Waals surface area contributed by atoms with E-state index in [4.69, 9.17) is 0 Å².